The summed E-state index contributed by atoms with van der Waals surface area (Å²) in [7, 11) is 0. The fraction of sp³-hybridized carbons (Fsp3) is 0.300. The molecule has 1 rings (SSSR count). The van der Waals surface area contributed by atoms with E-state index in [-0.39, 0.29) is 5.91 Å². The summed E-state index contributed by atoms with van der Waals surface area (Å²) >= 11 is 1.61. The van der Waals surface area contributed by atoms with Crippen molar-refractivity contribution in [1.82, 2.24) is 5.32 Å². The van der Waals surface area contributed by atoms with Gasteiger partial charge in [0.15, 0.2) is 0 Å². The lowest BCUT2D eigenvalue weighted by molar-refractivity contribution is -0.120. The molecule has 3 heteroatoms. The lowest BCUT2D eigenvalue weighted by atomic mass is 10.3. The first-order chi connectivity index (χ1) is 6.33. The second-order valence-corrected chi connectivity index (χ2v) is 3.72. The molecule has 0 fully saturated rings. The van der Waals surface area contributed by atoms with E-state index in [9.17, 15) is 4.79 Å². The van der Waals surface area contributed by atoms with Crippen LogP contribution < -0.4 is 5.32 Å². The lowest BCUT2D eigenvalue weighted by Crippen LogP contribution is -2.25. The fourth-order valence-corrected chi connectivity index (χ4v) is 1.65. The standard InChI is InChI=1S/C10H13NOS/c1-2-3-6-11-10(12)8-9-5-4-7-13-9/h2,4-5,7H,1,3,6,8H2,(H,11,12). The molecule has 2 nitrogen and oxygen atoms in total. The van der Waals surface area contributed by atoms with Gasteiger partial charge in [-0.3, -0.25) is 4.79 Å². The van der Waals surface area contributed by atoms with Gasteiger partial charge in [-0.05, 0) is 17.9 Å². The first-order valence-electron chi connectivity index (χ1n) is 4.23. The van der Waals surface area contributed by atoms with Gasteiger partial charge in [0, 0.05) is 11.4 Å². The molecule has 1 heterocycles. The van der Waals surface area contributed by atoms with Crippen molar-refractivity contribution in [3.63, 3.8) is 0 Å². The quantitative estimate of drug-likeness (QED) is 0.565. The van der Waals surface area contributed by atoms with Gasteiger partial charge in [0.2, 0.25) is 5.91 Å². The zero-order chi connectivity index (χ0) is 9.52. The maximum atomic E-state index is 11.2. The SMILES string of the molecule is C=CCCNC(=O)Cc1cccs1. The summed E-state index contributed by atoms with van der Waals surface area (Å²) in [5, 5.41) is 4.80. The minimum Gasteiger partial charge on any atom is -0.355 e. The molecule has 0 aliphatic heterocycles. The first-order valence-corrected chi connectivity index (χ1v) is 5.11. The molecule has 0 bridgehead atoms. The molecule has 1 aromatic heterocycles. The van der Waals surface area contributed by atoms with Crippen LogP contribution in [0, 0.1) is 0 Å². The number of hydrogen-bond donors (Lipinski definition) is 1. The molecular weight excluding hydrogens is 182 g/mol. The monoisotopic (exact) mass is 195 g/mol. The van der Waals surface area contributed by atoms with E-state index in [0.29, 0.717) is 13.0 Å². The fourth-order valence-electron chi connectivity index (χ4n) is 0.948. The van der Waals surface area contributed by atoms with Crippen molar-refractivity contribution >= 4 is 17.2 Å². The normalized spacial score (nSPS) is 9.54. The van der Waals surface area contributed by atoms with Crippen molar-refractivity contribution in [3.05, 3.63) is 35.0 Å². The van der Waals surface area contributed by atoms with Gasteiger partial charge in [0.25, 0.3) is 0 Å². The first kappa shape index (κ1) is 9.99. The highest BCUT2D eigenvalue weighted by Gasteiger charge is 2.01. The summed E-state index contributed by atoms with van der Waals surface area (Å²) in [5.74, 6) is 0.0873. The smallest absolute Gasteiger partial charge is 0.225 e. The zero-order valence-electron chi connectivity index (χ0n) is 7.45. The predicted octanol–water partition coefficient (Wildman–Crippen LogP) is 1.98. The van der Waals surface area contributed by atoms with E-state index in [4.69, 9.17) is 0 Å². The van der Waals surface area contributed by atoms with Gasteiger partial charge in [-0.25, -0.2) is 0 Å². The molecule has 0 saturated heterocycles. The van der Waals surface area contributed by atoms with Crippen molar-refractivity contribution in [1.29, 1.82) is 0 Å². The largest absolute Gasteiger partial charge is 0.355 e. The molecule has 0 atom stereocenters. The van der Waals surface area contributed by atoms with E-state index in [0.717, 1.165) is 11.3 Å². The van der Waals surface area contributed by atoms with Crippen LogP contribution in [-0.4, -0.2) is 12.5 Å². The van der Waals surface area contributed by atoms with Crippen molar-refractivity contribution in [2.45, 2.75) is 12.8 Å². The molecule has 0 saturated carbocycles. The summed E-state index contributed by atoms with van der Waals surface area (Å²) in [6, 6.07) is 3.93. The molecular formula is C10H13NOS. The highest BCUT2D eigenvalue weighted by Crippen LogP contribution is 2.08. The number of nitrogens with one attached hydrogen (secondary N) is 1. The van der Waals surface area contributed by atoms with E-state index in [2.05, 4.69) is 11.9 Å². The Hall–Kier alpha value is -1.09. The third-order valence-electron chi connectivity index (χ3n) is 1.59. The number of hydrogen-bond acceptors (Lipinski definition) is 2. The Morgan fingerprint density at radius 3 is 3.15 bits per heavy atom. The van der Waals surface area contributed by atoms with Crippen LogP contribution in [0.2, 0.25) is 0 Å². The van der Waals surface area contributed by atoms with Crippen molar-refractivity contribution < 1.29 is 4.79 Å². The van der Waals surface area contributed by atoms with Crippen LogP contribution in [0.25, 0.3) is 0 Å². The minimum atomic E-state index is 0.0873. The second kappa shape index (κ2) is 5.54. The van der Waals surface area contributed by atoms with Crippen molar-refractivity contribution in [3.8, 4) is 0 Å². The Labute approximate surface area is 82.3 Å². The average molecular weight is 195 g/mol. The highest BCUT2D eigenvalue weighted by molar-refractivity contribution is 7.10. The number of amides is 1. The van der Waals surface area contributed by atoms with Crippen LogP contribution in [0.4, 0.5) is 0 Å². The van der Waals surface area contributed by atoms with Crippen LogP contribution in [0.3, 0.4) is 0 Å². The van der Waals surface area contributed by atoms with E-state index in [1.54, 1.807) is 17.4 Å². The topological polar surface area (TPSA) is 29.1 Å². The summed E-state index contributed by atoms with van der Waals surface area (Å²) in [4.78, 5) is 12.4. The zero-order valence-corrected chi connectivity index (χ0v) is 8.27. The van der Waals surface area contributed by atoms with Crippen molar-refractivity contribution in [2.75, 3.05) is 6.54 Å². The molecule has 0 aliphatic rings. The number of thiophene rings is 1. The Balaban J connectivity index is 2.22. The summed E-state index contributed by atoms with van der Waals surface area (Å²) in [6.07, 6.45) is 3.12. The summed E-state index contributed by atoms with van der Waals surface area (Å²) < 4.78 is 0. The third-order valence-corrected chi connectivity index (χ3v) is 2.46. The Morgan fingerprint density at radius 1 is 1.69 bits per heavy atom. The van der Waals surface area contributed by atoms with Gasteiger partial charge < -0.3 is 5.32 Å². The average Bonchev–Trinajstić information content (AvgIpc) is 2.57. The third kappa shape index (κ3) is 3.90. The van der Waals surface area contributed by atoms with Crippen LogP contribution >= 0.6 is 11.3 Å². The van der Waals surface area contributed by atoms with Crippen LogP contribution in [0.1, 0.15) is 11.3 Å². The number of rotatable bonds is 5. The molecule has 1 N–H and O–H groups in total. The van der Waals surface area contributed by atoms with Crippen LogP contribution in [0.15, 0.2) is 30.2 Å². The summed E-state index contributed by atoms with van der Waals surface area (Å²) in [5.41, 5.74) is 0. The van der Waals surface area contributed by atoms with Gasteiger partial charge in [0.05, 0.1) is 6.42 Å². The van der Waals surface area contributed by atoms with E-state index in [1.807, 2.05) is 17.5 Å². The Kier molecular flexibility index (Phi) is 4.26. The van der Waals surface area contributed by atoms with Gasteiger partial charge >= 0.3 is 0 Å². The van der Waals surface area contributed by atoms with E-state index < -0.39 is 0 Å². The number of carbonyl (C=O) groups excluding carboxylic acids is 1. The van der Waals surface area contributed by atoms with E-state index >= 15 is 0 Å². The molecule has 1 aromatic rings. The minimum absolute atomic E-state index is 0.0873. The predicted molar refractivity (Wildman–Crippen MR) is 55.8 cm³/mol. The molecule has 13 heavy (non-hydrogen) atoms. The molecule has 0 aliphatic carbocycles. The van der Waals surface area contributed by atoms with Crippen LogP contribution in [-0.2, 0) is 11.2 Å². The lowest BCUT2D eigenvalue weighted by Gasteiger charge is -2.00. The van der Waals surface area contributed by atoms with Gasteiger partial charge in [-0.15, -0.1) is 17.9 Å². The summed E-state index contributed by atoms with van der Waals surface area (Å²) in [6.45, 7) is 4.27. The molecule has 1 amide bonds. The Morgan fingerprint density at radius 2 is 2.54 bits per heavy atom. The van der Waals surface area contributed by atoms with E-state index in [1.165, 1.54) is 0 Å². The second-order valence-electron chi connectivity index (χ2n) is 2.68. The van der Waals surface area contributed by atoms with Gasteiger partial charge in [-0.2, -0.15) is 0 Å². The van der Waals surface area contributed by atoms with Crippen LogP contribution in [0.5, 0.6) is 0 Å². The molecule has 0 aromatic carbocycles. The Bertz CT molecular complexity index is 266. The molecule has 70 valence electrons. The highest BCUT2D eigenvalue weighted by atomic mass is 32.1. The molecule has 0 unspecified atom stereocenters. The maximum Gasteiger partial charge on any atom is 0.225 e. The maximum absolute atomic E-state index is 11.2. The van der Waals surface area contributed by atoms with Gasteiger partial charge in [0.1, 0.15) is 0 Å². The molecule has 0 radical (unpaired) electrons. The van der Waals surface area contributed by atoms with Gasteiger partial charge in [-0.1, -0.05) is 12.1 Å². The molecule has 0 spiro atoms. The number of carbonyl (C=O) groups is 1. The van der Waals surface area contributed by atoms with Crippen molar-refractivity contribution in [2.24, 2.45) is 0 Å².